The van der Waals surface area contributed by atoms with Crippen LogP contribution >= 0.6 is 0 Å². The Hall–Kier alpha value is -9.45. The number of hydrogen-bond acceptors (Lipinski definition) is 4. The molecule has 2 aliphatic rings. The third kappa shape index (κ3) is 7.26. The third-order valence-electron chi connectivity index (χ3n) is 15.7. The van der Waals surface area contributed by atoms with Crippen LogP contribution in [-0.2, 0) is 10.8 Å². The summed E-state index contributed by atoms with van der Waals surface area (Å²) in [5.74, 6) is 2.40. The Kier molecular flexibility index (Phi) is 10.6. The second-order valence-electron chi connectivity index (χ2n) is 21.1. The van der Waals surface area contributed by atoms with Crippen molar-refractivity contribution in [2.45, 2.75) is 31.6 Å². The first-order valence-corrected chi connectivity index (χ1v) is 26.3. The number of fused-ring (bicyclic) bond motifs is 7. The van der Waals surface area contributed by atoms with Gasteiger partial charge in [-0.25, -0.2) is 4.98 Å². The lowest BCUT2D eigenvalue weighted by molar-refractivity contribution is 0.483. The molecule has 3 heterocycles. The SMILES string of the molecule is CC(C)(C)c1ccnc(-n2c3ccccc3c3ccc(Oc4cccc(N5CN(c6c(-c7ccccc7)cc(C7(c8ccccc8)c8ccccc8-c8ccccc87)cc6-c6ccccc6)c6ccccc65)c4)cc32)c1. The van der Waals surface area contributed by atoms with Gasteiger partial charge in [0.15, 0.2) is 0 Å². The smallest absolute Gasteiger partial charge is 0.137 e. The van der Waals surface area contributed by atoms with Gasteiger partial charge in [-0.3, -0.25) is 4.57 Å². The summed E-state index contributed by atoms with van der Waals surface area (Å²) in [6.45, 7) is 7.31. The highest BCUT2D eigenvalue weighted by Crippen LogP contribution is 2.59. The Morgan fingerprint density at radius 3 is 1.67 bits per heavy atom. The van der Waals surface area contributed by atoms with Gasteiger partial charge < -0.3 is 14.5 Å². The predicted molar refractivity (Wildman–Crippen MR) is 314 cm³/mol. The molecule has 0 radical (unpaired) electrons. The molecule has 364 valence electrons. The van der Waals surface area contributed by atoms with Crippen molar-refractivity contribution in [3.8, 4) is 50.7 Å². The van der Waals surface area contributed by atoms with E-state index in [-0.39, 0.29) is 5.41 Å². The molecule has 0 atom stereocenters. The molecule has 0 fully saturated rings. The molecule has 1 aliphatic carbocycles. The van der Waals surface area contributed by atoms with Crippen molar-refractivity contribution < 1.29 is 4.74 Å². The fourth-order valence-corrected chi connectivity index (χ4v) is 12.3. The number of para-hydroxylation sites is 3. The second kappa shape index (κ2) is 17.9. The van der Waals surface area contributed by atoms with Crippen molar-refractivity contribution >= 4 is 44.6 Å². The monoisotopic (exact) mass is 978 g/mol. The van der Waals surface area contributed by atoms with Crippen LogP contribution in [-0.4, -0.2) is 16.2 Å². The fraction of sp³-hybridized carbons (Fsp3) is 0.0845. The summed E-state index contributed by atoms with van der Waals surface area (Å²) in [6.07, 6.45) is 1.93. The van der Waals surface area contributed by atoms with E-state index in [2.05, 4.69) is 290 Å². The Bertz CT molecular complexity index is 4070. The Morgan fingerprint density at radius 2 is 1.00 bits per heavy atom. The summed E-state index contributed by atoms with van der Waals surface area (Å²) in [7, 11) is 0. The average Bonchev–Trinajstić information content (AvgIpc) is 4.14. The lowest BCUT2D eigenvalue weighted by atomic mass is 9.66. The number of aromatic nitrogens is 2. The van der Waals surface area contributed by atoms with Gasteiger partial charge in [0.05, 0.1) is 33.5 Å². The summed E-state index contributed by atoms with van der Waals surface area (Å²) in [6, 6.07) is 92.8. The molecule has 0 saturated carbocycles. The van der Waals surface area contributed by atoms with E-state index in [9.17, 15) is 0 Å². The highest BCUT2D eigenvalue weighted by atomic mass is 16.5. The molecular formula is C71H54N4O. The molecule has 1 aliphatic heterocycles. The molecule has 0 N–H and O–H groups in total. The van der Waals surface area contributed by atoms with Crippen molar-refractivity contribution in [1.29, 1.82) is 0 Å². The summed E-state index contributed by atoms with van der Waals surface area (Å²) >= 11 is 0. The van der Waals surface area contributed by atoms with Gasteiger partial charge >= 0.3 is 0 Å². The number of ether oxygens (including phenoxy) is 1. The summed E-state index contributed by atoms with van der Waals surface area (Å²) in [5.41, 5.74) is 19.4. The standard InChI is InChI=1S/C71H54N4O/c1-70(2,3)51-40-41-72-68(44-51)75-64-35-18-15-32-58(64)59-39-38-55(46-67(59)75)76-54-29-21-28-53(45-54)73-47-74(66-37-20-19-36-65(66)73)69-60(48-22-7-4-8-23-48)42-52(43-61(69)49-24-9-5-10-25-49)71(50-26-11-6-12-27-50)62-33-16-13-30-56(62)57-31-14-17-34-63(57)71/h4-46H,47H2,1-3H3. The minimum absolute atomic E-state index is 0.0241. The largest absolute Gasteiger partial charge is 0.457 e. The van der Waals surface area contributed by atoms with Crippen LogP contribution in [0.25, 0.3) is 61.0 Å². The lowest BCUT2D eigenvalue weighted by Crippen LogP contribution is -2.29. The molecule has 0 unspecified atom stereocenters. The van der Waals surface area contributed by atoms with Gasteiger partial charge in [0.2, 0.25) is 0 Å². The van der Waals surface area contributed by atoms with Gasteiger partial charge in [-0.1, -0.05) is 197 Å². The summed E-state index contributed by atoms with van der Waals surface area (Å²) in [4.78, 5) is 9.87. The third-order valence-corrected chi connectivity index (χ3v) is 15.7. The van der Waals surface area contributed by atoms with Gasteiger partial charge in [0, 0.05) is 45.9 Å². The predicted octanol–water partition coefficient (Wildman–Crippen LogP) is 18.2. The highest BCUT2D eigenvalue weighted by molar-refractivity contribution is 6.09. The van der Waals surface area contributed by atoms with Crippen LogP contribution in [0.1, 0.15) is 48.6 Å². The first-order valence-electron chi connectivity index (χ1n) is 26.3. The van der Waals surface area contributed by atoms with Gasteiger partial charge in [-0.05, 0) is 122 Å². The topological polar surface area (TPSA) is 33.5 Å². The van der Waals surface area contributed by atoms with E-state index in [1.165, 1.54) is 44.3 Å². The van der Waals surface area contributed by atoms with Crippen molar-refractivity contribution in [3.63, 3.8) is 0 Å². The Labute approximate surface area is 444 Å². The molecule has 2 aromatic heterocycles. The molecular weight excluding hydrogens is 925 g/mol. The highest BCUT2D eigenvalue weighted by Gasteiger charge is 2.47. The summed E-state index contributed by atoms with van der Waals surface area (Å²) < 4.78 is 9.16. The van der Waals surface area contributed by atoms with E-state index in [1.807, 2.05) is 6.20 Å². The van der Waals surface area contributed by atoms with Crippen LogP contribution in [0.5, 0.6) is 11.5 Å². The normalized spacial score (nSPS) is 13.5. The number of nitrogens with zero attached hydrogens (tertiary/aromatic N) is 4. The van der Waals surface area contributed by atoms with Gasteiger partial charge in [-0.15, -0.1) is 0 Å². The van der Waals surface area contributed by atoms with Crippen molar-refractivity contribution in [2.24, 2.45) is 0 Å². The molecule has 76 heavy (non-hydrogen) atoms. The minimum atomic E-state index is -0.593. The Balaban J connectivity index is 0.909. The van der Waals surface area contributed by atoms with Crippen LogP contribution in [0, 0.1) is 0 Å². The van der Waals surface area contributed by atoms with Crippen molar-refractivity contribution in [2.75, 3.05) is 16.5 Å². The number of rotatable bonds is 9. The van der Waals surface area contributed by atoms with E-state index in [0.29, 0.717) is 6.67 Å². The van der Waals surface area contributed by atoms with Crippen LogP contribution < -0.4 is 14.5 Å². The van der Waals surface area contributed by atoms with E-state index < -0.39 is 5.41 Å². The van der Waals surface area contributed by atoms with Crippen LogP contribution in [0.15, 0.2) is 261 Å². The molecule has 0 saturated heterocycles. The zero-order valence-electron chi connectivity index (χ0n) is 42.7. The maximum Gasteiger partial charge on any atom is 0.137 e. The maximum atomic E-state index is 6.89. The number of pyridine rings is 1. The molecule has 0 spiro atoms. The van der Waals surface area contributed by atoms with Crippen molar-refractivity contribution in [1.82, 2.24) is 9.55 Å². The van der Waals surface area contributed by atoms with Crippen LogP contribution in [0.3, 0.4) is 0 Å². The quantitative estimate of drug-likeness (QED) is 0.144. The van der Waals surface area contributed by atoms with E-state index in [0.717, 1.165) is 78.7 Å². The second-order valence-corrected chi connectivity index (χ2v) is 21.1. The number of anilines is 4. The zero-order chi connectivity index (χ0) is 51.0. The molecule has 10 aromatic carbocycles. The first-order chi connectivity index (χ1) is 37.3. The fourth-order valence-electron chi connectivity index (χ4n) is 12.3. The van der Waals surface area contributed by atoms with Crippen LogP contribution in [0.2, 0.25) is 0 Å². The van der Waals surface area contributed by atoms with Gasteiger partial charge in [0.1, 0.15) is 24.0 Å². The van der Waals surface area contributed by atoms with E-state index in [4.69, 9.17) is 9.72 Å². The lowest BCUT2D eigenvalue weighted by Gasteiger charge is -2.36. The van der Waals surface area contributed by atoms with Gasteiger partial charge in [0.25, 0.3) is 0 Å². The average molecular weight is 979 g/mol. The molecule has 0 amide bonds. The van der Waals surface area contributed by atoms with Gasteiger partial charge in [-0.2, -0.15) is 0 Å². The minimum Gasteiger partial charge on any atom is -0.457 e. The molecule has 14 rings (SSSR count). The number of benzene rings is 10. The Morgan fingerprint density at radius 1 is 0.434 bits per heavy atom. The van der Waals surface area contributed by atoms with E-state index >= 15 is 0 Å². The number of hydrogen-bond donors (Lipinski definition) is 0. The van der Waals surface area contributed by atoms with Crippen LogP contribution in [0.4, 0.5) is 22.7 Å². The zero-order valence-corrected chi connectivity index (χ0v) is 42.7. The molecule has 5 nitrogen and oxygen atoms in total. The maximum absolute atomic E-state index is 6.89. The molecule has 12 aromatic rings. The summed E-state index contributed by atoms with van der Waals surface area (Å²) in [5, 5.41) is 2.33. The molecule has 0 bridgehead atoms. The first kappa shape index (κ1) is 45.2. The van der Waals surface area contributed by atoms with Crippen molar-refractivity contribution in [3.05, 3.63) is 289 Å². The molecule has 5 heteroatoms. The van der Waals surface area contributed by atoms with E-state index in [1.54, 1.807) is 0 Å².